The molecule has 0 N–H and O–H groups in total. The van der Waals surface area contributed by atoms with Gasteiger partial charge in [0.2, 0.25) is 0 Å². The zero-order valence-electron chi connectivity index (χ0n) is 13.9. The number of halogens is 3. The molecule has 0 aromatic heterocycles. The standard InChI is InChI=1S/C19H23ClN2.2ClH/c1-21-12-5-13-22(15-14-21)19(16-6-3-2-4-7-16)17-8-10-18(20)11-9-17;;/h2-4,6-11,19H,5,12-15H2,1H3;2*1H. The molecule has 0 saturated carbocycles. The van der Waals surface area contributed by atoms with Gasteiger partial charge in [-0.3, -0.25) is 4.90 Å². The minimum absolute atomic E-state index is 0. The van der Waals surface area contributed by atoms with Crippen molar-refractivity contribution in [3.05, 3.63) is 70.7 Å². The van der Waals surface area contributed by atoms with Crippen molar-refractivity contribution in [2.45, 2.75) is 12.5 Å². The van der Waals surface area contributed by atoms with Crippen LogP contribution in [0.2, 0.25) is 5.02 Å². The molecule has 2 aromatic rings. The lowest BCUT2D eigenvalue weighted by molar-refractivity contribution is 0.231. The number of benzene rings is 2. The third-order valence-corrected chi connectivity index (χ3v) is 4.67. The average Bonchev–Trinajstić information content (AvgIpc) is 2.76. The first kappa shape index (κ1) is 21.3. The summed E-state index contributed by atoms with van der Waals surface area (Å²) in [5.74, 6) is 0. The quantitative estimate of drug-likeness (QED) is 0.738. The van der Waals surface area contributed by atoms with E-state index in [2.05, 4.69) is 59.3 Å². The van der Waals surface area contributed by atoms with Gasteiger partial charge in [0.15, 0.2) is 0 Å². The third-order valence-electron chi connectivity index (χ3n) is 4.42. The zero-order chi connectivity index (χ0) is 15.4. The number of hydrogen-bond acceptors (Lipinski definition) is 2. The maximum atomic E-state index is 6.07. The van der Waals surface area contributed by atoms with Crippen LogP contribution in [0.4, 0.5) is 0 Å². The second kappa shape index (κ2) is 10.3. The highest BCUT2D eigenvalue weighted by Gasteiger charge is 2.23. The van der Waals surface area contributed by atoms with Crippen molar-refractivity contribution >= 4 is 36.4 Å². The van der Waals surface area contributed by atoms with E-state index >= 15 is 0 Å². The molecule has 0 radical (unpaired) electrons. The van der Waals surface area contributed by atoms with Gasteiger partial charge in [-0.15, -0.1) is 24.8 Å². The van der Waals surface area contributed by atoms with Crippen LogP contribution in [0.5, 0.6) is 0 Å². The van der Waals surface area contributed by atoms with Gasteiger partial charge in [0.25, 0.3) is 0 Å². The molecule has 1 fully saturated rings. The molecule has 0 amide bonds. The molecule has 1 saturated heterocycles. The summed E-state index contributed by atoms with van der Waals surface area (Å²) in [6.07, 6.45) is 1.22. The van der Waals surface area contributed by atoms with Crippen molar-refractivity contribution in [3.8, 4) is 0 Å². The predicted octanol–water partition coefficient (Wildman–Crippen LogP) is 4.91. The number of hydrogen-bond donors (Lipinski definition) is 0. The van der Waals surface area contributed by atoms with Gasteiger partial charge in [0, 0.05) is 24.7 Å². The average molecular weight is 388 g/mol. The van der Waals surface area contributed by atoms with E-state index in [1.807, 2.05) is 12.1 Å². The normalized spacial score (nSPS) is 17.2. The maximum Gasteiger partial charge on any atom is 0.0602 e. The molecular weight excluding hydrogens is 363 g/mol. The first-order chi connectivity index (χ1) is 10.7. The van der Waals surface area contributed by atoms with E-state index < -0.39 is 0 Å². The van der Waals surface area contributed by atoms with Crippen molar-refractivity contribution in [1.29, 1.82) is 0 Å². The first-order valence-corrected chi connectivity index (χ1v) is 8.35. The van der Waals surface area contributed by atoms with Gasteiger partial charge in [-0.1, -0.05) is 54.1 Å². The molecule has 3 rings (SSSR count). The molecule has 0 spiro atoms. The number of nitrogens with zero attached hydrogens (tertiary/aromatic N) is 2. The van der Waals surface area contributed by atoms with Gasteiger partial charge in [-0.2, -0.15) is 0 Å². The van der Waals surface area contributed by atoms with Gasteiger partial charge in [0.05, 0.1) is 6.04 Å². The minimum Gasteiger partial charge on any atom is -0.305 e. The predicted molar refractivity (Wildman–Crippen MR) is 108 cm³/mol. The number of likely N-dealkylation sites (N-methyl/N-ethyl adjacent to an activating group) is 1. The second-order valence-electron chi connectivity index (χ2n) is 6.06. The van der Waals surface area contributed by atoms with Crippen LogP contribution in [0.1, 0.15) is 23.6 Å². The third kappa shape index (κ3) is 5.37. The van der Waals surface area contributed by atoms with Gasteiger partial charge in [-0.25, -0.2) is 0 Å². The maximum absolute atomic E-state index is 6.07. The minimum atomic E-state index is 0. The van der Waals surface area contributed by atoms with Gasteiger partial charge in [-0.05, 0) is 43.3 Å². The Morgan fingerprint density at radius 1 is 0.792 bits per heavy atom. The van der Waals surface area contributed by atoms with E-state index in [9.17, 15) is 0 Å². The Morgan fingerprint density at radius 3 is 2.08 bits per heavy atom. The summed E-state index contributed by atoms with van der Waals surface area (Å²) in [5.41, 5.74) is 2.68. The lowest BCUT2D eigenvalue weighted by atomic mass is 9.97. The molecular formula is C19H25Cl3N2. The monoisotopic (exact) mass is 386 g/mol. The van der Waals surface area contributed by atoms with E-state index in [1.54, 1.807) is 0 Å². The summed E-state index contributed by atoms with van der Waals surface area (Å²) in [7, 11) is 2.21. The fraction of sp³-hybridized carbons (Fsp3) is 0.368. The van der Waals surface area contributed by atoms with Crippen molar-refractivity contribution in [2.75, 3.05) is 33.2 Å². The Hall–Kier alpha value is -0.770. The molecule has 1 atom stereocenters. The van der Waals surface area contributed by atoms with Gasteiger partial charge in [0.1, 0.15) is 0 Å². The van der Waals surface area contributed by atoms with Crippen LogP contribution in [0.3, 0.4) is 0 Å². The van der Waals surface area contributed by atoms with E-state index in [-0.39, 0.29) is 24.8 Å². The van der Waals surface area contributed by atoms with Crippen molar-refractivity contribution in [1.82, 2.24) is 9.80 Å². The highest BCUT2D eigenvalue weighted by Crippen LogP contribution is 2.30. The zero-order valence-corrected chi connectivity index (χ0v) is 16.3. The molecule has 2 nitrogen and oxygen atoms in total. The van der Waals surface area contributed by atoms with Crippen molar-refractivity contribution in [2.24, 2.45) is 0 Å². The summed E-state index contributed by atoms with van der Waals surface area (Å²) >= 11 is 6.07. The summed E-state index contributed by atoms with van der Waals surface area (Å²) in [5, 5.41) is 0.797. The highest BCUT2D eigenvalue weighted by molar-refractivity contribution is 6.30. The number of rotatable bonds is 3. The lowest BCUT2D eigenvalue weighted by Gasteiger charge is -2.31. The Kier molecular flexibility index (Phi) is 9.11. The summed E-state index contributed by atoms with van der Waals surface area (Å²) < 4.78 is 0. The van der Waals surface area contributed by atoms with Crippen molar-refractivity contribution < 1.29 is 0 Å². The fourth-order valence-electron chi connectivity index (χ4n) is 3.22. The summed E-state index contributed by atoms with van der Waals surface area (Å²) in [6, 6.07) is 19.4. The lowest BCUT2D eigenvalue weighted by Crippen LogP contribution is -2.33. The molecule has 0 aliphatic carbocycles. The van der Waals surface area contributed by atoms with Crippen LogP contribution >= 0.6 is 36.4 Å². The first-order valence-electron chi connectivity index (χ1n) is 7.97. The summed E-state index contributed by atoms with van der Waals surface area (Å²) in [6.45, 7) is 4.53. The fourth-order valence-corrected chi connectivity index (χ4v) is 3.35. The van der Waals surface area contributed by atoms with E-state index in [1.165, 1.54) is 24.1 Å². The van der Waals surface area contributed by atoms with Crippen LogP contribution in [0.25, 0.3) is 0 Å². The Labute approximate surface area is 162 Å². The SMILES string of the molecule is CN1CCCN(C(c2ccccc2)c2ccc(Cl)cc2)CC1.Cl.Cl. The molecule has 1 heterocycles. The second-order valence-corrected chi connectivity index (χ2v) is 6.49. The van der Waals surface area contributed by atoms with Gasteiger partial charge >= 0.3 is 0 Å². The molecule has 0 bridgehead atoms. The van der Waals surface area contributed by atoms with Crippen molar-refractivity contribution in [3.63, 3.8) is 0 Å². The van der Waals surface area contributed by atoms with Gasteiger partial charge < -0.3 is 4.90 Å². The molecule has 2 aromatic carbocycles. The van der Waals surface area contributed by atoms with Crippen LogP contribution in [0.15, 0.2) is 54.6 Å². The van der Waals surface area contributed by atoms with E-state index in [4.69, 9.17) is 11.6 Å². The molecule has 1 aliphatic heterocycles. The Bertz CT molecular complexity index is 589. The van der Waals surface area contributed by atoms with E-state index in [0.717, 1.165) is 24.7 Å². The summed E-state index contributed by atoms with van der Waals surface area (Å²) in [4.78, 5) is 5.02. The molecule has 132 valence electrons. The molecule has 5 heteroatoms. The smallest absolute Gasteiger partial charge is 0.0602 e. The Balaban J connectivity index is 0.00000144. The molecule has 1 unspecified atom stereocenters. The van der Waals surface area contributed by atoms with Crippen LogP contribution < -0.4 is 0 Å². The molecule has 24 heavy (non-hydrogen) atoms. The largest absolute Gasteiger partial charge is 0.305 e. The van der Waals surface area contributed by atoms with Crippen LogP contribution in [-0.2, 0) is 0 Å². The topological polar surface area (TPSA) is 6.48 Å². The highest BCUT2D eigenvalue weighted by atomic mass is 35.5. The Morgan fingerprint density at radius 2 is 1.42 bits per heavy atom. The molecule has 1 aliphatic rings. The van der Waals surface area contributed by atoms with E-state index in [0.29, 0.717) is 6.04 Å². The van der Waals surface area contributed by atoms with Crippen LogP contribution in [-0.4, -0.2) is 43.0 Å². The van der Waals surface area contributed by atoms with Crippen LogP contribution in [0, 0.1) is 0 Å².